The number of nitrogens with two attached hydrogens (primary N) is 1. The molecule has 5 nitrogen and oxygen atoms in total. The van der Waals surface area contributed by atoms with Crippen molar-refractivity contribution >= 4 is 11.8 Å². The van der Waals surface area contributed by atoms with E-state index < -0.39 is 12.3 Å². The highest BCUT2D eigenvalue weighted by Gasteiger charge is 2.48. The Bertz CT molecular complexity index is 662. The molecule has 0 spiro atoms. The minimum absolute atomic E-state index is 0.134. The zero-order valence-corrected chi connectivity index (χ0v) is 12.8. The number of hydrogen-bond acceptors (Lipinski definition) is 3. The standard InChI is InChI=1S/C16H17F3N2O3/c17-16(18,19)24-13-4-2-1-3-10(13)11-7-12(11)15(23)21-6-5-9(8-21)14(20)22/h1-4,9,11-12H,5-8H2,(H2,20,22). The summed E-state index contributed by atoms with van der Waals surface area (Å²) < 4.78 is 41.5. The molecule has 2 N–H and O–H groups in total. The lowest BCUT2D eigenvalue weighted by Gasteiger charge is -2.17. The lowest BCUT2D eigenvalue weighted by Crippen LogP contribution is -2.33. The molecule has 8 heteroatoms. The summed E-state index contributed by atoms with van der Waals surface area (Å²) in [6.07, 6.45) is -3.75. The van der Waals surface area contributed by atoms with Crippen LogP contribution in [0.4, 0.5) is 13.2 Å². The topological polar surface area (TPSA) is 72.6 Å². The van der Waals surface area contributed by atoms with Crippen molar-refractivity contribution in [1.82, 2.24) is 4.90 Å². The number of rotatable bonds is 4. The smallest absolute Gasteiger partial charge is 0.405 e. The SMILES string of the molecule is NC(=O)C1CCN(C(=O)C2CC2c2ccccc2OC(F)(F)F)C1. The quantitative estimate of drug-likeness (QED) is 0.910. The zero-order chi connectivity index (χ0) is 17.5. The first-order chi connectivity index (χ1) is 11.3. The van der Waals surface area contributed by atoms with Gasteiger partial charge in [0.1, 0.15) is 5.75 Å². The van der Waals surface area contributed by atoms with Gasteiger partial charge in [-0.25, -0.2) is 0 Å². The maximum absolute atomic E-state index is 12.5. The van der Waals surface area contributed by atoms with Crippen LogP contribution in [0, 0.1) is 11.8 Å². The van der Waals surface area contributed by atoms with Crippen LogP contribution in [-0.2, 0) is 9.59 Å². The van der Waals surface area contributed by atoms with E-state index in [1.165, 1.54) is 12.1 Å². The highest BCUT2D eigenvalue weighted by molar-refractivity contribution is 5.85. The first kappa shape index (κ1) is 16.6. The molecule has 1 aromatic rings. The fraction of sp³-hybridized carbons (Fsp3) is 0.500. The molecule has 0 aromatic heterocycles. The summed E-state index contributed by atoms with van der Waals surface area (Å²) in [5.41, 5.74) is 5.64. The minimum Gasteiger partial charge on any atom is -0.405 e. The molecule has 0 radical (unpaired) electrons. The van der Waals surface area contributed by atoms with Crippen molar-refractivity contribution in [2.24, 2.45) is 17.6 Å². The summed E-state index contributed by atoms with van der Waals surface area (Å²) in [4.78, 5) is 25.2. The number of alkyl halides is 3. The fourth-order valence-corrected chi connectivity index (χ4v) is 3.24. The van der Waals surface area contributed by atoms with Crippen LogP contribution in [0.3, 0.4) is 0 Å². The van der Waals surface area contributed by atoms with E-state index in [4.69, 9.17) is 5.73 Å². The third-order valence-corrected chi connectivity index (χ3v) is 4.55. The number of amides is 2. The number of nitrogens with zero attached hydrogens (tertiary/aromatic N) is 1. The Morgan fingerprint density at radius 1 is 1.25 bits per heavy atom. The minimum atomic E-state index is -4.77. The largest absolute Gasteiger partial charge is 0.573 e. The van der Waals surface area contributed by atoms with E-state index in [0.717, 1.165) is 0 Å². The van der Waals surface area contributed by atoms with E-state index in [9.17, 15) is 22.8 Å². The molecule has 1 saturated carbocycles. The summed E-state index contributed by atoms with van der Waals surface area (Å²) >= 11 is 0. The molecule has 130 valence electrons. The molecule has 3 rings (SSSR count). The molecular weight excluding hydrogens is 325 g/mol. The van der Waals surface area contributed by atoms with Gasteiger partial charge in [-0.1, -0.05) is 18.2 Å². The maximum atomic E-state index is 12.5. The molecule has 1 aliphatic heterocycles. The molecule has 1 heterocycles. The second-order valence-corrected chi connectivity index (χ2v) is 6.21. The van der Waals surface area contributed by atoms with Crippen molar-refractivity contribution in [2.75, 3.05) is 13.1 Å². The van der Waals surface area contributed by atoms with Crippen molar-refractivity contribution in [3.8, 4) is 5.75 Å². The van der Waals surface area contributed by atoms with Crippen LogP contribution in [0.25, 0.3) is 0 Å². The molecule has 2 amide bonds. The van der Waals surface area contributed by atoms with Gasteiger partial charge < -0.3 is 15.4 Å². The van der Waals surface area contributed by atoms with Crippen LogP contribution in [0.5, 0.6) is 5.75 Å². The maximum Gasteiger partial charge on any atom is 0.573 e. The second kappa shape index (κ2) is 5.99. The van der Waals surface area contributed by atoms with Gasteiger partial charge in [0.2, 0.25) is 11.8 Å². The van der Waals surface area contributed by atoms with E-state index in [2.05, 4.69) is 4.74 Å². The first-order valence-electron chi connectivity index (χ1n) is 7.69. The average molecular weight is 342 g/mol. The summed E-state index contributed by atoms with van der Waals surface area (Å²) in [6, 6.07) is 5.88. The van der Waals surface area contributed by atoms with Gasteiger partial charge in [0, 0.05) is 19.0 Å². The summed E-state index contributed by atoms with van der Waals surface area (Å²) in [7, 11) is 0. The number of likely N-dealkylation sites (tertiary alicyclic amines) is 1. The average Bonchev–Trinajstić information content (AvgIpc) is 3.12. The molecule has 2 aliphatic rings. The molecule has 1 aliphatic carbocycles. The molecule has 1 aromatic carbocycles. The third-order valence-electron chi connectivity index (χ3n) is 4.55. The monoisotopic (exact) mass is 342 g/mol. The van der Waals surface area contributed by atoms with E-state index in [1.807, 2.05) is 0 Å². The highest BCUT2D eigenvalue weighted by Crippen LogP contribution is 2.52. The molecule has 3 atom stereocenters. The summed E-state index contributed by atoms with van der Waals surface area (Å²) in [5, 5.41) is 0. The number of primary amides is 1. The summed E-state index contributed by atoms with van der Waals surface area (Å²) in [6.45, 7) is 0.744. The normalized spacial score (nSPS) is 26.3. The van der Waals surface area contributed by atoms with E-state index in [1.54, 1.807) is 17.0 Å². The van der Waals surface area contributed by atoms with Crippen LogP contribution in [-0.4, -0.2) is 36.2 Å². The highest BCUT2D eigenvalue weighted by atomic mass is 19.4. The number of para-hydroxylation sites is 1. The molecule has 1 saturated heterocycles. The van der Waals surface area contributed by atoms with E-state index in [0.29, 0.717) is 24.9 Å². The van der Waals surface area contributed by atoms with Crippen molar-refractivity contribution in [3.05, 3.63) is 29.8 Å². The van der Waals surface area contributed by atoms with Gasteiger partial charge in [-0.15, -0.1) is 13.2 Å². The molecule has 0 bridgehead atoms. The molecule has 24 heavy (non-hydrogen) atoms. The Hall–Kier alpha value is -2.25. The molecule has 2 fully saturated rings. The van der Waals surface area contributed by atoms with E-state index >= 15 is 0 Å². The number of benzene rings is 1. The fourth-order valence-electron chi connectivity index (χ4n) is 3.24. The van der Waals surface area contributed by atoms with Crippen LogP contribution < -0.4 is 10.5 Å². The Labute approximate surface area is 136 Å². The van der Waals surface area contributed by atoms with Crippen LogP contribution in [0.15, 0.2) is 24.3 Å². The van der Waals surface area contributed by atoms with Crippen LogP contribution in [0.1, 0.15) is 24.3 Å². The van der Waals surface area contributed by atoms with Gasteiger partial charge in [-0.2, -0.15) is 0 Å². The number of carbonyl (C=O) groups excluding carboxylic acids is 2. The van der Waals surface area contributed by atoms with Crippen LogP contribution >= 0.6 is 0 Å². The van der Waals surface area contributed by atoms with Gasteiger partial charge in [0.15, 0.2) is 0 Å². The lowest BCUT2D eigenvalue weighted by atomic mass is 10.1. The van der Waals surface area contributed by atoms with Crippen molar-refractivity contribution in [1.29, 1.82) is 0 Å². The van der Waals surface area contributed by atoms with Gasteiger partial charge in [-0.05, 0) is 30.4 Å². The Morgan fingerprint density at radius 3 is 2.58 bits per heavy atom. The van der Waals surface area contributed by atoms with Gasteiger partial charge in [0.05, 0.1) is 5.92 Å². The summed E-state index contributed by atoms with van der Waals surface area (Å²) in [5.74, 6) is -1.82. The predicted molar refractivity (Wildman–Crippen MR) is 77.9 cm³/mol. The van der Waals surface area contributed by atoms with Crippen LogP contribution in [0.2, 0.25) is 0 Å². The van der Waals surface area contributed by atoms with Crippen molar-refractivity contribution in [3.63, 3.8) is 0 Å². The Morgan fingerprint density at radius 2 is 1.96 bits per heavy atom. The van der Waals surface area contributed by atoms with Crippen molar-refractivity contribution in [2.45, 2.75) is 25.1 Å². The first-order valence-corrected chi connectivity index (χ1v) is 7.69. The molecule has 3 unspecified atom stereocenters. The second-order valence-electron chi connectivity index (χ2n) is 6.21. The van der Waals surface area contributed by atoms with Crippen molar-refractivity contribution < 1.29 is 27.5 Å². The number of ether oxygens (including phenoxy) is 1. The number of halogens is 3. The Kier molecular flexibility index (Phi) is 4.15. The number of carbonyl (C=O) groups is 2. The predicted octanol–water partition coefficient (Wildman–Crippen LogP) is 2.02. The third kappa shape index (κ3) is 3.47. The molecular formula is C16H17F3N2O3. The lowest BCUT2D eigenvalue weighted by molar-refractivity contribution is -0.274. The number of hydrogen-bond donors (Lipinski definition) is 1. The van der Waals surface area contributed by atoms with Gasteiger partial charge in [0.25, 0.3) is 0 Å². The zero-order valence-electron chi connectivity index (χ0n) is 12.8. The Balaban J connectivity index is 1.68. The van der Waals surface area contributed by atoms with Gasteiger partial charge in [-0.3, -0.25) is 9.59 Å². The van der Waals surface area contributed by atoms with Gasteiger partial charge >= 0.3 is 6.36 Å². The van der Waals surface area contributed by atoms with E-state index in [-0.39, 0.29) is 36.0 Å².